The lowest BCUT2D eigenvalue weighted by atomic mass is 9.83. The maximum atomic E-state index is 14.1. The smallest absolute Gasteiger partial charge is 0.243 e. The number of hydrogen-bond acceptors (Lipinski definition) is 8. The van der Waals surface area contributed by atoms with Crippen LogP contribution in [0, 0.1) is 11.3 Å². The van der Waals surface area contributed by atoms with Crippen LogP contribution in [0.5, 0.6) is 5.75 Å². The first-order valence-corrected chi connectivity index (χ1v) is 20.7. The van der Waals surface area contributed by atoms with E-state index in [0.29, 0.717) is 57.4 Å². The molecule has 1 aromatic carbocycles. The minimum Gasteiger partial charge on any atom is -0.494 e. The Morgan fingerprint density at radius 3 is 2.25 bits per heavy atom. The lowest BCUT2D eigenvalue weighted by Gasteiger charge is -2.33. The molecule has 2 fully saturated rings. The van der Waals surface area contributed by atoms with Crippen molar-refractivity contribution < 1.29 is 33.5 Å². The van der Waals surface area contributed by atoms with Gasteiger partial charge in [-0.05, 0) is 80.9 Å². The van der Waals surface area contributed by atoms with E-state index in [1.165, 1.54) is 6.08 Å². The molecule has 1 aliphatic carbocycles. The summed E-state index contributed by atoms with van der Waals surface area (Å²) in [5.41, 5.74) is 15.8. The molecule has 3 rings (SSSR count). The normalized spacial score (nSPS) is 17.9. The number of likely N-dealkylation sites (tertiary alicyclic amines) is 1. The summed E-state index contributed by atoms with van der Waals surface area (Å²) in [5.74, 6) is -2.79. The van der Waals surface area contributed by atoms with Crippen molar-refractivity contribution in [2.45, 2.75) is 128 Å². The van der Waals surface area contributed by atoms with Gasteiger partial charge in [-0.15, -0.1) is 6.58 Å². The summed E-state index contributed by atoms with van der Waals surface area (Å²) in [6.45, 7) is 9.95. The molecule has 316 valence electrons. The standard InChI is InChI=1S/C40H62BrN9O7/c1-5-13-28(35(53)46-29(18-10-21-45-39(43)44)36(54)49-33(34(42)52)40(2,3)4)47-38(56)32(25-14-7-6-8-15-25)48-37(55)30-19-11-22-50(30)31(51)20-12-23-57-27-17-9-16-26(41)24-27/h5,9,16-17,24-25,28-30,32-33H,1,6-8,10-15,18-23H2,2-4H3,(H2,42,52)(H,46,53)(H,47,56)(H,48,55)(H,49,54)(H4,43,44,45). The van der Waals surface area contributed by atoms with Gasteiger partial charge in [0, 0.05) is 24.0 Å². The molecule has 16 nitrogen and oxygen atoms in total. The monoisotopic (exact) mass is 859 g/mol. The van der Waals surface area contributed by atoms with Crippen LogP contribution in [-0.4, -0.2) is 96.2 Å². The molecule has 6 amide bonds. The van der Waals surface area contributed by atoms with Crippen LogP contribution in [0.2, 0.25) is 0 Å². The van der Waals surface area contributed by atoms with Crippen molar-refractivity contribution in [1.82, 2.24) is 26.2 Å². The number of hydrogen-bond donors (Lipinski definition) is 7. The second-order valence-corrected chi connectivity index (χ2v) is 16.8. The fraction of sp³-hybridized carbons (Fsp3) is 0.625. The van der Waals surface area contributed by atoms with Crippen LogP contribution < -0.4 is 43.2 Å². The van der Waals surface area contributed by atoms with Crippen molar-refractivity contribution in [3.63, 3.8) is 0 Å². The number of benzene rings is 1. The Morgan fingerprint density at radius 1 is 0.930 bits per heavy atom. The number of carbonyl (C=O) groups excluding carboxylic acids is 6. The maximum absolute atomic E-state index is 14.1. The average molecular weight is 861 g/mol. The Bertz CT molecular complexity index is 1590. The molecule has 1 heterocycles. The number of nitrogens with one attached hydrogen (secondary N) is 4. The van der Waals surface area contributed by atoms with Gasteiger partial charge in [-0.3, -0.25) is 33.8 Å². The molecule has 5 unspecified atom stereocenters. The van der Waals surface area contributed by atoms with Crippen molar-refractivity contribution in [3.05, 3.63) is 41.4 Å². The van der Waals surface area contributed by atoms with E-state index in [1.54, 1.807) is 25.7 Å². The van der Waals surface area contributed by atoms with E-state index in [4.69, 9.17) is 21.9 Å². The van der Waals surface area contributed by atoms with Crippen molar-refractivity contribution in [3.8, 4) is 5.75 Å². The van der Waals surface area contributed by atoms with Gasteiger partial charge < -0.3 is 48.1 Å². The van der Waals surface area contributed by atoms with Crippen LogP contribution in [0.15, 0.2) is 46.4 Å². The quantitative estimate of drug-likeness (QED) is 0.0414. The fourth-order valence-corrected chi connectivity index (χ4v) is 7.61. The molecule has 0 aromatic heterocycles. The summed E-state index contributed by atoms with van der Waals surface area (Å²) in [6, 6.07) is 2.43. The zero-order valence-corrected chi connectivity index (χ0v) is 35.1. The van der Waals surface area contributed by atoms with Gasteiger partial charge in [0.2, 0.25) is 35.4 Å². The average Bonchev–Trinajstić information content (AvgIpc) is 3.65. The second-order valence-electron chi connectivity index (χ2n) is 15.8. The molecule has 5 atom stereocenters. The summed E-state index contributed by atoms with van der Waals surface area (Å²) in [7, 11) is 0. The van der Waals surface area contributed by atoms with Crippen LogP contribution in [0.1, 0.15) is 97.8 Å². The first-order valence-electron chi connectivity index (χ1n) is 19.9. The van der Waals surface area contributed by atoms with E-state index in [9.17, 15) is 28.8 Å². The number of amides is 6. The van der Waals surface area contributed by atoms with Crippen LogP contribution in [-0.2, 0) is 28.8 Å². The molecule has 57 heavy (non-hydrogen) atoms. The van der Waals surface area contributed by atoms with Crippen molar-refractivity contribution in [2.24, 2.45) is 33.5 Å². The summed E-state index contributed by atoms with van der Waals surface area (Å²) >= 11 is 3.42. The zero-order chi connectivity index (χ0) is 42.1. The third-order valence-corrected chi connectivity index (χ3v) is 10.7. The van der Waals surface area contributed by atoms with Crippen LogP contribution in [0.25, 0.3) is 0 Å². The molecule has 17 heteroatoms. The van der Waals surface area contributed by atoms with Crippen molar-refractivity contribution in [1.29, 1.82) is 0 Å². The number of guanidine groups is 1. The van der Waals surface area contributed by atoms with Gasteiger partial charge >= 0.3 is 0 Å². The minimum atomic E-state index is -1.15. The lowest BCUT2D eigenvalue weighted by molar-refractivity contribution is -0.140. The number of nitrogens with zero attached hydrogens (tertiary/aromatic N) is 2. The van der Waals surface area contributed by atoms with Gasteiger partial charge in [-0.2, -0.15) is 0 Å². The molecule has 0 spiro atoms. The van der Waals surface area contributed by atoms with Gasteiger partial charge in [0.05, 0.1) is 6.61 Å². The van der Waals surface area contributed by atoms with Gasteiger partial charge in [0.1, 0.15) is 36.0 Å². The largest absolute Gasteiger partial charge is 0.494 e. The van der Waals surface area contributed by atoms with Crippen molar-refractivity contribution >= 4 is 57.3 Å². The Labute approximate surface area is 344 Å². The predicted octanol–water partition coefficient (Wildman–Crippen LogP) is 2.28. The van der Waals surface area contributed by atoms with Crippen LogP contribution >= 0.6 is 15.9 Å². The minimum absolute atomic E-state index is 0.0211. The molecule has 1 saturated heterocycles. The second kappa shape index (κ2) is 22.9. The molecule has 2 aliphatic rings. The third-order valence-electron chi connectivity index (χ3n) is 10.2. The summed E-state index contributed by atoms with van der Waals surface area (Å²) in [6.07, 6.45) is 7.88. The van der Waals surface area contributed by atoms with Crippen LogP contribution in [0.4, 0.5) is 0 Å². The molecule has 10 N–H and O–H groups in total. The highest BCUT2D eigenvalue weighted by molar-refractivity contribution is 9.10. The highest BCUT2D eigenvalue weighted by Crippen LogP contribution is 2.28. The Morgan fingerprint density at radius 2 is 1.61 bits per heavy atom. The lowest BCUT2D eigenvalue weighted by Crippen LogP contribution is -2.61. The van der Waals surface area contributed by atoms with E-state index < -0.39 is 65.2 Å². The molecular weight excluding hydrogens is 798 g/mol. The van der Waals surface area contributed by atoms with Gasteiger partial charge in [-0.1, -0.05) is 68.1 Å². The first kappa shape index (κ1) is 46.7. The number of rotatable bonds is 21. The van der Waals surface area contributed by atoms with Gasteiger partial charge in [0.15, 0.2) is 5.96 Å². The van der Waals surface area contributed by atoms with E-state index in [0.717, 1.165) is 23.7 Å². The number of aliphatic imine (C=N–C) groups is 1. The molecule has 1 aliphatic heterocycles. The highest BCUT2D eigenvalue weighted by atomic mass is 79.9. The van der Waals surface area contributed by atoms with E-state index in [2.05, 4.69) is 48.8 Å². The Hall–Kier alpha value is -4.67. The number of carbonyl (C=O) groups is 6. The topological polar surface area (TPSA) is 253 Å². The van der Waals surface area contributed by atoms with E-state index in [1.807, 2.05) is 24.3 Å². The molecule has 0 bridgehead atoms. The fourth-order valence-electron chi connectivity index (χ4n) is 7.23. The van der Waals surface area contributed by atoms with Gasteiger partial charge in [-0.25, -0.2) is 0 Å². The van der Waals surface area contributed by atoms with E-state index in [-0.39, 0.29) is 43.6 Å². The Kier molecular flexibility index (Phi) is 18.8. The SMILES string of the molecule is C=CCC(NC(=O)C(NC(=O)C1CCCN1C(=O)CCCOc1cccc(Br)c1)C1CCCCC1)C(=O)NC(CCCN=C(N)N)C(=O)NC(C(N)=O)C(C)(C)C. The number of halogens is 1. The highest BCUT2D eigenvalue weighted by Gasteiger charge is 2.39. The summed E-state index contributed by atoms with van der Waals surface area (Å²) in [5, 5.41) is 11.2. The molecule has 1 saturated carbocycles. The van der Waals surface area contributed by atoms with Crippen LogP contribution in [0.3, 0.4) is 0 Å². The molecule has 0 radical (unpaired) electrons. The first-order chi connectivity index (χ1) is 27.0. The van der Waals surface area contributed by atoms with Crippen molar-refractivity contribution in [2.75, 3.05) is 19.7 Å². The zero-order valence-electron chi connectivity index (χ0n) is 33.5. The van der Waals surface area contributed by atoms with E-state index >= 15 is 0 Å². The molecular formula is C40H62BrN9O7. The predicted molar refractivity (Wildman–Crippen MR) is 221 cm³/mol. The maximum Gasteiger partial charge on any atom is 0.243 e. The number of nitrogens with two attached hydrogens (primary N) is 3. The summed E-state index contributed by atoms with van der Waals surface area (Å²) < 4.78 is 6.66. The summed E-state index contributed by atoms with van der Waals surface area (Å²) in [4.78, 5) is 86.5. The number of primary amides is 1. The third kappa shape index (κ3) is 15.3. The Balaban J connectivity index is 1.72. The van der Waals surface area contributed by atoms with Gasteiger partial charge in [0.25, 0.3) is 0 Å². The number of ether oxygens (including phenoxy) is 1. The molecule has 1 aromatic rings.